The number of carbonyl (C=O) groups excluding carboxylic acids is 2. The third-order valence-corrected chi connectivity index (χ3v) is 7.96. The molecule has 3 heterocycles. The van der Waals surface area contributed by atoms with Crippen molar-refractivity contribution in [2.75, 3.05) is 13.7 Å². The van der Waals surface area contributed by atoms with Gasteiger partial charge in [0.15, 0.2) is 0 Å². The molecule has 0 saturated carbocycles. The number of carbonyl (C=O) groups is 2. The van der Waals surface area contributed by atoms with Gasteiger partial charge in [-0.2, -0.15) is 0 Å². The van der Waals surface area contributed by atoms with Crippen LogP contribution in [0.25, 0.3) is 11.3 Å². The summed E-state index contributed by atoms with van der Waals surface area (Å²) in [6.45, 7) is 12.4. The Morgan fingerprint density at radius 2 is 1.92 bits per heavy atom. The summed E-state index contributed by atoms with van der Waals surface area (Å²) in [5, 5.41) is 3.22. The van der Waals surface area contributed by atoms with E-state index in [2.05, 4.69) is 15.3 Å². The molecule has 0 spiro atoms. The highest BCUT2D eigenvalue weighted by Crippen LogP contribution is 2.37. The molecule has 4 rings (SSSR count). The molecule has 1 aromatic heterocycles. The zero-order valence-corrected chi connectivity index (χ0v) is 23.3. The number of likely N-dealkylation sites (tertiary alicyclic amines) is 1. The van der Waals surface area contributed by atoms with Crippen molar-refractivity contribution in [3.05, 3.63) is 35.2 Å². The minimum absolute atomic E-state index is 0.0960. The number of imidazole rings is 1. The van der Waals surface area contributed by atoms with E-state index in [0.29, 0.717) is 17.4 Å². The molecule has 0 unspecified atom stereocenters. The quantitative estimate of drug-likeness (QED) is 0.545. The van der Waals surface area contributed by atoms with E-state index in [0.717, 1.165) is 29.6 Å². The minimum Gasteiger partial charge on any atom is -0.453 e. The predicted molar refractivity (Wildman–Crippen MR) is 143 cm³/mol. The summed E-state index contributed by atoms with van der Waals surface area (Å²) in [5.41, 5.74) is 1.52. The number of ether oxygens (including phenoxy) is 1. The average molecular weight is 531 g/mol. The molecule has 37 heavy (non-hydrogen) atoms. The first-order valence-electron chi connectivity index (χ1n) is 12.7. The van der Waals surface area contributed by atoms with E-state index in [4.69, 9.17) is 25.6 Å². The van der Waals surface area contributed by atoms with Crippen LogP contribution in [0.4, 0.5) is 4.79 Å². The van der Waals surface area contributed by atoms with Crippen molar-refractivity contribution >= 4 is 36.2 Å². The monoisotopic (exact) mass is 530 g/mol. The number of aromatic nitrogens is 2. The molecule has 2 amide bonds. The molecule has 0 radical (unpaired) electrons. The van der Waals surface area contributed by atoms with Gasteiger partial charge in [0, 0.05) is 17.1 Å². The average Bonchev–Trinajstić information content (AvgIpc) is 3.54. The Balaban J connectivity index is 1.52. The van der Waals surface area contributed by atoms with Gasteiger partial charge < -0.3 is 29.2 Å². The number of amides is 2. The van der Waals surface area contributed by atoms with Gasteiger partial charge in [-0.1, -0.05) is 37.6 Å². The standard InChI is InChI=1S/C26H36BClN4O5/c1-15(2)21(31-24(34)35-7)23(33)32-12-8-9-20(32)22-29-14-19(30-22)17-11-10-16(13-18(17)28)27-36-25(3,4)26(5,6)37-27/h10-11,13-15,20-21H,8-9,12H2,1-7H3,(H,29,30)(H,31,34)/t20-,21-/m0/s1. The van der Waals surface area contributed by atoms with E-state index in [1.807, 2.05) is 59.7 Å². The normalized spacial score (nSPS) is 21.4. The Hall–Kier alpha value is -2.56. The van der Waals surface area contributed by atoms with Gasteiger partial charge in [-0.25, -0.2) is 9.78 Å². The minimum atomic E-state index is -0.681. The lowest BCUT2D eigenvalue weighted by molar-refractivity contribution is -0.135. The predicted octanol–water partition coefficient (Wildman–Crippen LogP) is 4.07. The summed E-state index contributed by atoms with van der Waals surface area (Å²) in [7, 11) is 0.784. The molecule has 2 aromatic rings. The van der Waals surface area contributed by atoms with Crippen molar-refractivity contribution in [1.82, 2.24) is 20.2 Å². The Morgan fingerprint density at radius 1 is 1.24 bits per heavy atom. The highest BCUT2D eigenvalue weighted by atomic mass is 35.5. The fraction of sp³-hybridized carbons (Fsp3) is 0.577. The molecule has 2 atom stereocenters. The van der Waals surface area contributed by atoms with Crippen LogP contribution in [0.3, 0.4) is 0 Å². The summed E-state index contributed by atoms with van der Waals surface area (Å²) in [5.74, 6) is 0.444. The number of halogens is 1. The van der Waals surface area contributed by atoms with Gasteiger partial charge in [0.1, 0.15) is 11.9 Å². The van der Waals surface area contributed by atoms with Crippen LogP contribution >= 0.6 is 11.6 Å². The molecule has 9 nitrogen and oxygen atoms in total. The maximum Gasteiger partial charge on any atom is 0.494 e. The second-order valence-electron chi connectivity index (χ2n) is 11.1. The Morgan fingerprint density at radius 3 is 2.51 bits per heavy atom. The van der Waals surface area contributed by atoms with Crippen LogP contribution in [0.1, 0.15) is 66.3 Å². The molecule has 2 aliphatic rings. The van der Waals surface area contributed by atoms with Crippen LogP contribution in [-0.4, -0.2) is 64.9 Å². The molecule has 11 heteroatoms. The van der Waals surface area contributed by atoms with Crippen molar-refractivity contribution in [2.45, 2.75) is 77.7 Å². The molecule has 1 aromatic carbocycles. The van der Waals surface area contributed by atoms with E-state index in [-0.39, 0.29) is 17.9 Å². The summed E-state index contributed by atoms with van der Waals surface area (Å²) in [4.78, 5) is 34.9. The van der Waals surface area contributed by atoms with E-state index in [1.54, 1.807) is 11.1 Å². The number of methoxy groups -OCH3 is 1. The third-order valence-electron chi connectivity index (χ3n) is 7.65. The topological polar surface area (TPSA) is 106 Å². The Bertz CT molecular complexity index is 1150. The van der Waals surface area contributed by atoms with Crippen LogP contribution in [0.2, 0.25) is 5.02 Å². The van der Waals surface area contributed by atoms with Crippen LogP contribution in [0, 0.1) is 5.92 Å². The summed E-state index contributed by atoms with van der Waals surface area (Å²) >= 11 is 6.70. The van der Waals surface area contributed by atoms with Crippen molar-refractivity contribution < 1.29 is 23.6 Å². The summed E-state index contributed by atoms with van der Waals surface area (Å²) < 4.78 is 17.0. The van der Waals surface area contributed by atoms with Gasteiger partial charge in [0.05, 0.1) is 36.2 Å². The second-order valence-corrected chi connectivity index (χ2v) is 11.5. The van der Waals surface area contributed by atoms with E-state index in [1.165, 1.54) is 7.11 Å². The summed E-state index contributed by atoms with van der Waals surface area (Å²) in [6.07, 6.45) is 2.73. The SMILES string of the molecule is COC(=O)N[C@H](C(=O)N1CCC[C@H]1c1ncc(-c2ccc(B3OC(C)(C)C(C)(C)O3)cc2Cl)[nH]1)C(C)C. The van der Waals surface area contributed by atoms with Gasteiger partial charge >= 0.3 is 13.2 Å². The second kappa shape index (κ2) is 10.3. The van der Waals surface area contributed by atoms with Gasteiger partial charge in [-0.05, 0) is 58.0 Å². The third kappa shape index (κ3) is 5.37. The van der Waals surface area contributed by atoms with E-state index < -0.39 is 30.5 Å². The fourth-order valence-corrected chi connectivity index (χ4v) is 5.00. The lowest BCUT2D eigenvalue weighted by Gasteiger charge is -2.32. The zero-order chi connectivity index (χ0) is 27.1. The number of nitrogens with one attached hydrogen (secondary N) is 2. The number of hydrogen-bond donors (Lipinski definition) is 2. The molecule has 2 N–H and O–H groups in total. The highest BCUT2D eigenvalue weighted by molar-refractivity contribution is 6.62. The number of rotatable bonds is 6. The summed E-state index contributed by atoms with van der Waals surface area (Å²) in [6, 6.07) is 4.83. The molecule has 2 fully saturated rings. The smallest absolute Gasteiger partial charge is 0.453 e. The van der Waals surface area contributed by atoms with Crippen LogP contribution in [0.15, 0.2) is 24.4 Å². The Kier molecular flexibility index (Phi) is 7.65. The Labute approximate surface area is 223 Å². The first-order valence-corrected chi connectivity index (χ1v) is 13.1. The van der Waals surface area contributed by atoms with E-state index >= 15 is 0 Å². The molecule has 200 valence electrons. The maximum atomic E-state index is 13.4. The van der Waals surface area contributed by atoms with Crippen molar-refractivity contribution in [2.24, 2.45) is 5.92 Å². The van der Waals surface area contributed by atoms with Crippen molar-refractivity contribution in [3.63, 3.8) is 0 Å². The first-order chi connectivity index (χ1) is 17.3. The molecular formula is C26H36BClN4O5. The number of alkyl carbamates (subject to hydrolysis) is 1. The van der Waals surface area contributed by atoms with Gasteiger partial charge in [-0.15, -0.1) is 0 Å². The zero-order valence-electron chi connectivity index (χ0n) is 22.6. The lowest BCUT2D eigenvalue weighted by atomic mass is 9.78. The van der Waals surface area contributed by atoms with Crippen LogP contribution in [0.5, 0.6) is 0 Å². The highest BCUT2D eigenvalue weighted by Gasteiger charge is 2.51. The van der Waals surface area contributed by atoms with E-state index in [9.17, 15) is 9.59 Å². The number of H-pyrrole nitrogens is 1. The fourth-order valence-electron chi connectivity index (χ4n) is 4.71. The van der Waals surface area contributed by atoms with Crippen molar-refractivity contribution in [3.8, 4) is 11.3 Å². The van der Waals surface area contributed by atoms with Gasteiger partial charge in [0.2, 0.25) is 5.91 Å². The molecule has 2 aliphatic heterocycles. The maximum absolute atomic E-state index is 13.4. The number of nitrogens with zero attached hydrogens (tertiary/aromatic N) is 2. The molecule has 0 bridgehead atoms. The first kappa shape index (κ1) is 27.5. The largest absolute Gasteiger partial charge is 0.494 e. The number of aromatic amines is 1. The van der Waals surface area contributed by atoms with Gasteiger partial charge in [0.25, 0.3) is 0 Å². The molecule has 0 aliphatic carbocycles. The molecular weight excluding hydrogens is 495 g/mol. The van der Waals surface area contributed by atoms with Crippen LogP contribution in [-0.2, 0) is 18.8 Å². The van der Waals surface area contributed by atoms with Gasteiger partial charge in [-0.3, -0.25) is 4.79 Å². The van der Waals surface area contributed by atoms with Crippen molar-refractivity contribution in [1.29, 1.82) is 0 Å². The lowest BCUT2D eigenvalue weighted by Crippen LogP contribution is -2.51. The van der Waals surface area contributed by atoms with Crippen LogP contribution < -0.4 is 10.8 Å². The number of hydrogen-bond acceptors (Lipinski definition) is 6. The number of benzene rings is 1. The molecule has 2 saturated heterocycles.